The highest BCUT2D eigenvalue weighted by atomic mass is 32.2. The summed E-state index contributed by atoms with van der Waals surface area (Å²) in [5, 5.41) is 3.51. The molecule has 2 heterocycles. The summed E-state index contributed by atoms with van der Waals surface area (Å²) in [6.07, 6.45) is 3.60. The van der Waals surface area contributed by atoms with E-state index in [0.29, 0.717) is 16.4 Å². The summed E-state index contributed by atoms with van der Waals surface area (Å²) in [5.41, 5.74) is 2.19. The Morgan fingerprint density at radius 1 is 1.12 bits per heavy atom. The lowest BCUT2D eigenvalue weighted by molar-refractivity contribution is 0.265. The van der Waals surface area contributed by atoms with E-state index in [9.17, 15) is 9.18 Å². The van der Waals surface area contributed by atoms with Crippen molar-refractivity contribution >= 4 is 45.5 Å². The summed E-state index contributed by atoms with van der Waals surface area (Å²) in [7, 11) is 0. The minimum atomic E-state index is -0.373. The van der Waals surface area contributed by atoms with Crippen molar-refractivity contribution in [3.8, 4) is 0 Å². The smallest absolute Gasteiger partial charge is 0.289 e. The number of thioether (sulfide) groups is 1. The first-order valence-corrected chi connectivity index (χ1v) is 8.39. The van der Waals surface area contributed by atoms with Crippen molar-refractivity contribution in [2.45, 2.75) is 0 Å². The van der Waals surface area contributed by atoms with Crippen LogP contribution in [0.2, 0.25) is 0 Å². The SMILES string of the molecule is O=C1NC(=Nc2cccc(F)c2)C(=Cc2cccc3cccnc23)S1. The number of nitrogens with one attached hydrogen (secondary N) is 1. The molecule has 1 aliphatic rings. The molecular weight excluding hydrogens is 337 g/mol. The molecule has 2 aromatic carbocycles. The first-order chi connectivity index (χ1) is 12.2. The average molecular weight is 349 g/mol. The molecule has 25 heavy (non-hydrogen) atoms. The maximum absolute atomic E-state index is 13.4. The number of nitrogens with zero attached hydrogens (tertiary/aromatic N) is 2. The van der Waals surface area contributed by atoms with E-state index >= 15 is 0 Å². The second-order valence-corrected chi connectivity index (χ2v) is 6.40. The summed E-state index contributed by atoms with van der Waals surface area (Å²) in [4.78, 5) is 21.3. The monoisotopic (exact) mass is 349 g/mol. The third-order valence-corrected chi connectivity index (χ3v) is 4.47. The fourth-order valence-electron chi connectivity index (χ4n) is 2.57. The molecule has 1 amide bonds. The van der Waals surface area contributed by atoms with Crippen molar-refractivity contribution in [3.05, 3.63) is 77.1 Å². The number of benzene rings is 2. The summed E-state index contributed by atoms with van der Waals surface area (Å²) in [6.45, 7) is 0. The molecule has 3 aromatic rings. The zero-order valence-electron chi connectivity index (χ0n) is 12.9. The van der Waals surface area contributed by atoms with E-state index in [-0.39, 0.29) is 11.1 Å². The van der Waals surface area contributed by atoms with Crippen LogP contribution in [0.3, 0.4) is 0 Å². The molecule has 1 aliphatic heterocycles. The highest BCUT2D eigenvalue weighted by Crippen LogP contribution is 2.30. The Labute approximate surface area is 147 Å². The van der Waals surface area contributed by atoms with E-state index in [0.717, 1.165) is 28.2 Å². The van der Waals surface area contributed by atoms with Gasteiger partial charge in [-0.2, -0.15) is 0 Å². The number of fused-ring (bicyclic) bond motifs is 1. The van der Waals surface area contributed by atoms with Crippen LogP contribution in [0.15, 0.2) is 70.7 Å². The van der Waals surface area contributed by atoms with Crippen molar-refractivity contribution in [1.82, 2.24) is 10.3 Å². The first-order valence-electron chi connectivity index (χ1n) is 7.58. The molecule has 0 unspecified atom stereocenters. The first kappa shape index (κ1) is 15.5. The van der Waals surface area contributed by atoms with Crippen LogP contribution < -0.4 is 5.32 Å². The molecule has 0 atom stereocenters. The van der Waals surface area contributed by atoms with Crippen LogP contribution in [0.5, 0.6) is 0 Å². The van der Waals surface area contributed by atoms with Crippen LogP contribution in [0.25, 0.3) is 17.0 Å². The molecular formula is C19H12FN3OS. The molecule has 1 aromatic heterocycles. The number of carbonyl (C=O) groups is 1. The summed E-state index contributed by atoms with van der Waals surface area (Å²) >= 11 is 1.06. The molecule has 122 valence electrons. The normalized spacial score (nSPS) is 17.4. The van der Waals surface area contributed by atoms with Gasteiger partial charge >= 0.3 is 0 Å². The van der Waals surface area contributed by atoms with Gasteiger partial charge in [-0.25, -0.2) is 9.38 Å². The van der Waals surface area contributed by atoms with Gasteiger partial charge in [-0.3, -0.25) is 9.78 Å². The number of amidine groups is 1. The fraction of sp³-hybridized carbons (Fsp3) is 0. The molecule has 0 bridgehead atoms. The predicted octanol–water partition coefficient (Wildman–Crippen LogP) is 4.90. The predicted molar refractivity (Wildman–Crippen MR) is 99.3 cm³/mol. The molecule has 4 nitrogen and oxygen atoms in total. The Morgan fingerprint density at radius 2 is 1.96 bits per heavy atom. The van der Waals surface area contributed by atoms with Gasteiger partial charge in [0.25, 0.3) is 5.24 Å². The largest absolute Gasteiger partial charge is 0.300 e. The summed E-state index contributed by atoms with van der Waals surface area (Å²) < 4.78 is 13.4. The lowest BCUT2D eigenvalue weighted by Crippen LogP contribution is -2.18. The second kappa shape index (κ2) is 6.49. The highest BCUT2D eigenvalue weighted by molar-refractivity contribution is 8.18. The fourth-order valence-corrected chi connectivity index (χ4v) is 3.30. The van der Waals surface area contributed by atoms with Crippen molar-refractivity contribution < 1.29 is 9.18 Å². The van der Waals surface area contributed by atoms with Gasteiger partial charge in [0.2, 0.25) is 0 Å². The van der Waals surface area contributed by atoms with E-state index < -0.39 is 0 Å². The number of carbonyl (C=O) groups excluding carboxylic acids is 1. The maximum atomic E-state index is 13.4. The number of hydrogen-bond donors (Lipinski definition) is 1. The third kappa shape index (κ3) is 3.29. The van der Waals surface area contributed by atoms with Gasteiger partial charge in [-0.15, -0.1) is 0 Å². The van der Waals surface area contributed by atoms with Gasteiger partial charge in [-0.1, -0.05) is 30.3 Å². The summed E-state index contributed by atoms with van der Waals surface area (Å²) in [5.74, 6) is 0.0381. The number of aliphatic imine (C=N–C) groups is 1. The number of amides is 1. The van der Waals surface area contributed by atoms with Crippen LogP contribution in [-0.2, 0) is 0 Å². The molecule has 0 radical (unpaired) electrons. The quantitative estimate of drug-likeness (QED) is 0.716. The summed E-state index contributed by atoms with van der Waals surface area (Å²) in [6, 6.07) is 15.7. The van der Waals surface area contributed by atoms with Crippen LogP contribution in [0.4, 0.5) is 14.9 Å². The van der Waals surface area contributed by atoms with Crippen molar-refractivity contribution in [1.29, 1.82) is 0 Å². The number of pyridine rings is 1. The van der Waals surface area contributed by atoms with Crippen LogP contribution in [0, 0.1) is 5.82 Å². The maximum Gasteiger partial charge on any atom is 0.289 e. The van der Waals surface area contributed by atoms with Crippen LogP contribution in [-0.4, -0.2) is 16.1 Å². The topological polar surface area (TPSA) is 54.4 Å². The van der Waals surface area contributed by atoms with Crippen molar-refractivity contribution in [2.75, 3.05) is 0 Å². The highest BCUT2D eigenvalue weighted by Gasteiger charge is 2.23. The van der Waals surface area contributed by atoms with Crippen LogP contribution >= 0.6 is 11.8 Å². The zero-order valence-corrected chi connectivity index (χ0v) is 13.8. The van der Waals surface area contributed by atoms with E-state index in [1.165, 1.54) is 12.1 Å². The molecule has 1 fully saturated rings. The number of hydrogen-bond acceptors (Lipinski definition) is 4. The van der Waals surface area contributed by atoms with Crippen LogP contribution in [0.1, 0.15) is 5.56 Å². The molecule has 1 N–H and O–H groups in total. The minimum Gasteiger partial charge on any atom is -0.300 e. The Morgan fingerprint density at radius 3 is 2.84 bits per heavy atom. The molecule has 6 heteroatoms. The van der Waals surface area contributed by atoms with E-state index in [1.807, 2.05) is 36.4 Å². The van der Waals surface area contributed by atoms with E-state index in [4.69, 9.17) is 0 Å². The number of para-hydroxylation sites is 1. The van der Waals surface area contributed by atoms with Crippen molar-refractivity contribution in [3.63, 3.8) is 0 Å². The number of rotatable bonds is 2. The molecule has 4 rings (SSSR count). The minimum absolute atomic E-state index is 0.213. The van der Waals surface area contributed by atoms with Gasteiger partial charge in [0.1, 0.15) is 11.7 Å². The van der Waals surface area contributed by atoms with Gasteiger partial charge in [0.05, 0.1) is 16.1 Å². The molecule has 0 saturated carbocycles. The Kier molecular flexibility index (Phi) is 4.03. The van der Waals surface area contributed by atoms with Gasteiger partial charge < -0.3 is 5.32 Å². The van der Waals surface area contributed by atoms with Gasteiger partial charge in [0, 0.05) is 17.1 Å². The Balaban J connectivity index is 1.79. The standard InChI is InChI=1S/C19H12FN3OS/c20-14-7-2-8-15(11-14)22-18-16(25-19(24)23-18)10-13-5-1-4-12-6-3-9-21-17(12)13/h1-11H,(H,22,23,24). The van der Waals surface area contributed by atoms with Gasteiger partial charge in [0.15, 0.2) is 0 Å². The second-order valence-electron chi connectivity index (χ2n) is 5.39. The Bertz CT molecular complexity index is 1040. The van der Waals surface area contributed by atoms with Crippen molar-refractivity contribution in [2.24, 2.45) is 4.99 Å². The van der Waals surface area contributed by atoms with E-state index in [2.05, 4.69) is 15.3 Å². The number of halogens is 1. The van der Waals surface area contributed by atoms with Gasteiger partial charge in [-0.05, 0) is 42.1 Å². The average Bonchev–Trinajstić information content (AvgIpc) is 2.94. The number of aromatic nitrogens is 1. The molecule has 0 aliphatic carbocycles. The Hall–Kier alpha value is -2.99. The lowest BCUT2D eigenvalue weighted by atomic mass is 10.1. The lowest BCUT2D eigenvalue weighted by Gasteiger charge is -2.03. The molecule has 0 spiro atoms. The molecule has 1 saturated heterocycles. The third-order valence-electron chi connectivity index (χ3n) is 3.66. The zero-order chi connectivity index (χ0) is 17.2. The van der Waals surface area contributed by atoms with E-state index in [1.54, 1.807) is 18.3 Å².